The third kappa shape index (κ3) is 5.90. The second kappa shape index (κ2) is 9.69. The maximum Gasteiger partial charge on any atom is 0.233 e. The summed E-state index contributed by atoms with van der Waals surface area (Å²) in [6, 6.07) is 8.20. The summed E-state index contributed by atoms with van der Waals surface area (Å²) in [5, 5.41) is 13.7. The largest absolute Gasteiger partial charge is 0.453 e. The molecule has 158 valence electrons. The van der Waals surface area contributed by atoms with E-state index in [9.17, 15) is 19.6 Å². The molecule has 0 bridgehead atoms. The van der Waals surface area contributed by atoms with Gasteiger partial charge in [-0.15, -0.1) is 0 Å². The summed E-state index contributed by atoms with van der Waals surface area (Å²) in [6.45, 7) is 7.47. The van der Waals surface area contributed by atoms with Crippen LogP contribution in [-0.4, -0.2) is 41.0 Å². The standard InChI is InChI=1S/C22H30N2O5/c1-5-6-9-16(13-24(28)14-25)21(27)23-20(22(2,3)4)19(26)18-12-15-10-7-8-11-17(15)29-18/h7-8,10-12,14,16,20,28H,5-6,9,13H2,1-4H3,(H,23,27)/t16-,20-/m1/s1. The van der Waals surface area contributed by atoms with Gasteiger partial charge in [0, 0.05) is 5.39 Å². The zero-order valence-electron chi connectivity index (χ0n) is 17.5. The molecule has 0 aliphatic heterocycles. The van der Waals surface area contributed by atoms with Gasteiger partial charge >= 0.3 is 0 Å². The van der Waals surface area contributed by atoms with Crippen LogP contribution in [0.4, 0.5) is 0 Å². The molecule has 1 aromatic heterocycles. The van der Waals surface area contributed by atoms with Gasteiger partial charge in [0.15, 0.2) is 5.76 Å². The minimum atomic E-state index is -0.817. The molecule has 0 aliphatic carbocycles. The first-order valence-electron chi connectivity index (χ1n) is 9.91. The fourth-order valence-electron chi connectivity index (χ4n) is 3.21. The minimum Gasteiger partial charge on any atom is -0.453 e. The summed E-state index contributed by atoms with van der Waals surface area (Å²) in [4.78, 5) is 36.9. The predicted molar refractivity (Wildman–Crippen MR) is 110 cm³/mol. The second-order valence-electron chi connectivity index (χ2n) is 8.39. The van der Waals surface area contributed by atoms with E-state index in [4.69, 9.17) is 4.42 Å². The van der Waals surface area contributed by atoms with E-state index in [0.29, 0.717) is 17.1 Å². The number of para-hydroxylation sites is 1. The van der Waals surface area contributed by atoms with Gasteiger partial charge in [0.25, 0.3) is 0 Å². The molecule has 0 saturated carbocycles. The molecule has 0 unspecified atom stereocenters. The van der Waals surface area contributed by atoms with E-state index in [1.54, 1.807) is 12.1 Å². The average Bonchev–Trinajstić information content (AvgIpc) is 3.11. The van der Waals surface area contributed by atoms with E-state index in [1.807, 2.05) is 45.9 Å². The summed E-state index contributed by atoms with van der Waals surface area (Å²) in [6.07, 6.45) is 2.41. The van der Waals surface area contributed by atoms with Crippen LogP contribution < -0.4 is 5.32 Å². The molecule has 2 amide bonds. The smallest absolute Gasteiger partial charge is 0.233 e. The zero-order chi connectivity index (χ0) is 21.6. The van der Waals surface area contributed by atoms with Gasteiger partial charge in [-0.2, -0.15) is 0 Å². The van der Waals surface area contributed by atoms with E-state index in [-0.39, 0.29) is 30.4 Å². The fourth-order valence-corrected chi connectivity index (χ4v) is 3.21. The molecule has 0 radical (unpaired) electrons. The monoisotopic (exact) mass is 402 g/mol. The van der Waals surface area contributed by atoms with Crippen LogP contribution in [0.5, 0.6) is 0 Å². The molecule has 0 spiro atoms. The first-order chi connectivity index (χ1) is 13.7. The molecule has 2 rings (SSSR count). The van der Waals surface area contributed by atoms with E-state index in [0.717, 1.165) is 18.2 Å². The van der Waals surface area contributed by atoms with Gasteiger partial charge in [-0.3, -0.25) is 19.6 Å². The number of Topliss-reactive ketones (excluding diaryl/α,β-unsaturated/α-hetero) is 1. The van der Waals surface area contributed by atoms with Crippen LogP contribution in [0.2, 0.25) is 0 Å². The highest BCUT2D eigenvalue weighted by Gasteiger charge is 2.36. The molecule has 2 N–H and O–H groups in total. The Labute approximate surface area is 171 Å². The van der Waals surface area contributed by atoms with E-state index >= 15 is 0 Å². The number of hydrogen-bond donors (Lipinski definition) is 2. The van der Waals surface area contributed by atoms with Crippen molar-refractivity contribution < 1.29 is 24.0 Å². The maximum atomic E-state index is 13.2. The summed E-state index contributed by atoms with van der Waals surface area (Å²) >= 11 is 0. The third-order valence-corrected chi connectivity index (χ3v) is 4.89. The number of amides is 2. The summed E-state index contributed by atoms with van der Waals surface area (Å²) < 4.78 is 5.70. The van der Waals surface area contributed by atoms with E-state index in [1.165, 1.54) is 0 Å². The number of hydrogen-bond acceptors (Lipinski definition) is 5. The summed E-state index contributed by atoms with van der Waals surface area (Å²) in [5.41, 5.74) is 0.0440. The zero-order valence-corrected chi connectivity index (χ0v) is 17.5. The molecule has 2 aromatic rings. The van der Waals surface area contributed by atoms with Crippen molar-refractivity contribution in [2.45, 2.75) is 53.0 Å². The minimum absolute atomic E-state index is 0.120. The first-order valence-corrected chi connectivity index (χ1v) is 9.91. The van der Waals surface area contributed by atoms with Crippen LogP contribution in [0.1, 0.15) is 57.5 Å². The number of hydroxylamine groups is 2. The van der Waals surface area contributed by atoms with Crippen molar-refractivity contribution in [3.8, 4) is 0 Å². The van der Waals surface area contributed by atoms with E-state index in [2.05, 4.69) is 5.32 Å². The van der Waals surface area contributed by atoms with Crippen LogP contribution >= 0.6 is 0 Å². The average molecular weight is 402 g/mol. The van der Waals surface area contributed by atoms with Crippen LogP contribution in [0.15, 0.2) is 34.7 Å². The quantitative estimate of drug-likeness (QED) is 0.272. The highest BCUT2D eigenvalue weighted by Crippen LogP contribution is 2.27. The number of rotatable bonds is 10. The molecule has 1 heterocycles. The Morgan fingerprint density at radius 2 is 1.97 bits per heavy atom. The number of nitrogens with zero attached hydrogens (tertiary/aromatic N) is 1. The molecule has 29 heavy (non-hydrogen) atoms. The lowest BCUT2D eigenvalue weighted by Gasteiger charge is -2.31. The molecule has 0 aliphatic rings. The Morgan fingerprint density at radius 1 is 1.28 bits per heavy atom. The Hall–Kier alpha value is -2.67. The number of carbonyl (C=O) groups excluding carboxylic acids is 3. The lowest BCUT2D eigenvalue weighted by atomic mass is 9.83. The van der Waals surface area contributed by atoms with Crippen molar-refractivity contribution in [1.82, 2.24) is 10.4 Å². The second-order valence-corrected chi connectivity index (χ2v) is 8.39. The number of unbranched alkanes of at least 4 members (excludes halogenated alkanes) is 1. The highest BCUT2D eigenvalue weighted by atomic mass is 16.5. The lowest BCUT2D eigenvalue weighted by molar-refractivity contribution is -0.154. The molecular formula is C22H30N2O5. The maximum absolute atomic E-state index is 13.2. The number of carbonyl (C=O) groups is 3. The van der Waals surface area contributed by atoms with Gasteiger partial charge in [0.2, 0.25) is 18.1 Å². The highest BCUT2D eigenvalue weighted by molar-refractivity contribution is 6.03. The molecule has 2 atom stereocenters. The van der Waals surface area contributed by atoms with Crippen molar-refractivity contribution in [1.29, 1.82) is 0 Å². The lowest BCUT2D eigenvalue weighted by Crippen LogP contribution is -2.52. The van der Waals surface area contributed by atoms with Crippen molar-refractivity contribution in [3.63, 3.8) is 0 Å². The van der Waals surface area contributed by atoms with Crippen LogP contribution in [0.25, 0.3) is 11.0 Å². The first kappa shape index (κ1) is 22.6. The Bertz CT molecular complexity index is 819. The molecular weight excluding hydrogens is 372 g/mol. The van der Waals surface area contributed by atoms with Crippen LogP contribution in [0.3, 0.4) is 0 Å². The molecule has 7 nitrogen and oxygen atoms in total. The van der Waals surface area contributed by atoms with Crippen LogP contribution in [-0.2, 0) is 9.59 Å². The third-order valence-electron chi connectivity index (χ3n) is 4.89. The van der Waals surface area contributed by atoms with Gasteiger partial charge in [0.1, 0.15) is 11.6 Å². The Balaban J connectivity index is 2.25. The number of benzene rings is 1. The molecule has 0 saturated heterocycles. The predicted octanol–water partition coefficient (Wildman–Crippen LogP) is 3.80. The van der Waals surface area contributed by atoms with Gasteiger partial charge in [-0.05, 0) is 24.0 Å². The Kier molecular flexibility index (Phi) is 7.56. The molecule has 7 heteroatoms. The number of fused-ring (bicyclic) bond motifs is 1. The van der Waals surface area contributed by atoms with E-state index < -0.39 is 17.4 Å². The van der Waals surface area contributed by atoms with Gasteiger partial charge in [0.05, 0.1) is 12.5 Å². The SMILES string of the molecule is CCCC[C@H](CN(O)C=O)C(=O)N[C@H](C(=O)c1cc2ccccc2o1)C(C)(C)C. The van der Waals surface area contributed by atoms with Gasteiger partial charge < -0.3 is 9.73 Å². The number of furan rings is 1. The molecule has 1 aromatic carbocycles. The van der Waals surface area contributed by atoms with Crippen LogP contribution in [0, 0.1) is 11.3 Å². The fraction of sp³-hybridized carbons (Fsp3) is 0.500. The molecule has 0 fully saturated rings. The van der Waals surface area contributed by atoms with Gasteiger partial charge in [-0.25, -0.2) is 5.06 Å². The Morgan fingerprint density at radius 3 is 2.55 bits per heavy atom. The van der Waals surface area contributed by atoms with Crippen molar-refractivity contribution >= 4 is 29.1 Å². The number of ketones is 1. The van der Waals surface area contributed by atoms with Crippen molar-refractivity contribution in [2.75, 3.05) is 6.54 Å². The normalized spacial score (nSPS) is 13.7. The summed E-state index contributed by atoms with van der Waals surface area (Å²) in [7, 11) is 0. The summed E-state index contributed by atoms with van der Waals surface area (Å²) in [5.74, 6) is -1.11. The topological polar surface area (TPSA) is 99.9 Å². The van der Waals surface area contributed by atoms with Crippen molar-refractivity contribution in [2.24, 2.45) is 11.3 Å². The van der Waals surface area contributed by atoms with Gasteiger partial charge in [-0.1, -0.05) is 58.7 Å². The number of nitrogens with one attached hydrogen (secondary N) is 1. The van der Waals surface area contributed by atoms with Crippen molar-refractivity contribution in [3.05, 3.63) is 36.1 Å².